The number of nitrogens with zero attached hydrogens (tertiary/aromatic N) is 1. The Kier molecular flexibility index (Phi) is 6.84. The maximum Gasteiger partial charge on any atom is 0.573 e. The Bertz CT molecular complexity index is 863. The molecule has 1 saturated carbocycles. The summed E-state index contributed by atoms with van der Waals surface area (Å²) in [5.41, 5.74) is 1.62. The van der Waals surface area contributed by atoms with Gasteiger partial charge in [0.1, 0.15) is 17.2 Å². The molecule has 32 heavy (non-hydrogen) atoms. The molecule has 1 saturated heterocycles. The Morgan fingerprint density at radius 3 is 2.19 bits per heavy atom. The molecule has 0 radical (unpaired) electrons. The average Bonchev–Trinajstić information content (AvgIpc) is 2.75. The SMILES string of the molecule is COc1ccc(C2(CN3CCCC(COc4ccc(OC(F)(F)F)cc4)C3)CCC2)cc1. The van der Waals surface area contributed by atoms with Gasteiger partial charge in [0.2, 0.25) is 0 Å². The molecule has 2 aromatic carbocycles. The van der Waals surface area contributed by atoms with E-state index in [1.54, 1.807) is 7.11 Å². The fourth-order valence-corrected chi connectivity index (χ4v) is 4.90. The Morgan fingerprint density at radius 1 is 0.938 bits per heavy atom. The molecular weight excluding hydrogens is 419 g/mol. The lowest BCUT2D eigenvalue weighted by Crippen LogP contribution is -2.49. The zero-order valence-electron chi connectivity index (χ0n) is 18.4. The lowest BCUT2D eigenvalue weighted by Gasteiger charge is -2.47. The quantitative estimate of drug-likeness (QED) is 0.509. The fraction of sp³-hybridized carbons (Fsp3) is 0.520. The first-order valence-electron chi connectivity index (χ1n) is 11.2. The summed E-state index contributed by atoms with van der Waals surface area (Å²) in [5, 5.41) is 0. The number of benzene rings is 2. The smallest absolute Gasteiger partial charge is 0.497 e. The predicted molar refractivity (Wildman–Crippen MR) is 116 cm³/mol. The molecule has 1 heterocycles. The summed E-state index contributed by atoms with van der Waals surface area (Å²) < 4.78 is 52.0. The predicted octanol–water partition coefficient (Wildman–Crippen LogP) is 5.81. The van der Waals surface area contributed by atoms with Gasteiger partial charge in [-0.25, -0.2) is 0 Å². The molecule has 0 N–H and O–H groups in total. The number of rotatable bonds is 8. The first-order valence-corrected chi connectivity index (χ1v) is 11.2. The number of halogens is 3. The van der Waals surface area contributed by atoms with Crippen molar-refractivity contribution in [3.8, 4) is 17.2 Å². The maximum atomic E-state index is 12.3. The minimum Gasteiger partial charge on any atom is -0.497 e. The van der Waals surface area contributed by atoms with Crippen LogP contribution >= 0.6 is 0 Å². The van der Waals surface area contributed by atoms with Gasteiger partial charge in [-0.3, -0.25) is 0 Å². The monoisotopic (exact) mass is 449 g/mol. The number of likely N-dealkylation sites (tertiary alicyclic amines) is 1. The van der Waals surface area contributed by atoms with Gasteiger partial charge in [-0.2, -0.15) is 0 Å². The zero-order valence-corrected chi connectivity index (χ0v) is 18.4. The van der Waals surface area contributed by atoms with Crippen molar-refractivity contribution >= 4 is 0 Å². The molecule has 1 aliphatic heterocycles. The molecule has 2 aromatic rings. The standard InChI is InChI=1S/C25H30F3NO3/c1-30-21-7-5-20(6-8-21)24(13-3-14-24)18-29-15-2-4-19(16-29)17-31-22-9-11-23(12-10-22)32-25(26,27)28/h5-12,19H,2-4,13-18H2,1H3. The molecule has 0 spiro atoms. The van der Waals surface area contributed by atoms with E-state index in [1.807, 2.05) is 12.1 Å². The highest BCUT2D eigenvalue weighted by molar-refractivity contribution is 5.34. The van der Waals surface area contributed by atoms with Crippen molar-refractivity contribution in [1.29, 1.82) is 0 Å². The molecule has 1 aliphatic carbocycles. The Morgan fingerprint density at radius 2 is 1.59 bits per heavy atom. The van der Waals surface area contributed by atoms with E-state index < -0.39 is 6.36 Å². The van der Waals surface area contributed by atoms with E-state index in [1.165, 1.54) is 49.1 Å². The number of hydrogen-bond acceptors (Lipinski definition) is 4. The molecule has 1 atom stereocenters. The summed E-state index contributed by atoms with van der Waals surface area (Å²) in [6.45, 7) is 3.69. The second-order valence-corrected chi connectivity index (χ2v) is 8.94. The summed E-state index contributed by atoms with van der Waals surface area (Å²) in [6, 6.07) is 14.1. The summed E-state index contributed by atoms with van der Waals surface area (Å²) in [6.07, 6.45) is 1.23. The summed E-state index contributed by atoms with van der Waals surface area (Å²) in [7, 11) is 1.69. The van der Waals surface area contributed by atoms with Crippen molar-refractivity contribution in [3.05, 3.63) is 54.1 Å². The van der Waals surface area contributed by atoms with Gasteiger partial charge in [0.05, 0.1) is 13.7 Å². The van der Waals surface area contributed by atoms with Crippen LogP contribution in [0.1, 0.15) is 37.7 Å². The molecule has 4 nitrogen and oxygen atoms in total. The van der Waals surface area contributed by atoms with Gasteiger partial charge in [-0.05, 0) is 74.2 Å². The van der Waals surface area contributed by atoms with E-state index in [9.17, 15) is 13.2 Å². The average molecular weight is 450 g/mol. The molecule has 0 amide bonds. The molecule has 0 bridgehead atoms. The third-order valence-electron chi connectivity index (χ3n) is 6.69. The van der Waals surface area contributed by atoms with Crippen LogP contribution in [0.15, 0.2) is 48.5 Å². The van der Waals surface area contributed by atoms with E-state index in [0.717, 1.165) is 38.2 Å². The molecule has 2 fully saturated rings. The molecule has 4 rings (SSSR count). The second-order valence-electron chi connectivity index (χ2n) is 8.94. The Hall–Kier alpha value is -2.41. The minimum atomic E-state index is -4.68. The lowest BCUT2D eigenvalue weighted by molar-refractivity contribution is -0.274. The van der Waals surface area contributed by atoms with Crippen LogP contribution in [-0.4, -0.2) is 44.6 Å². The number of methoxy groups -OCH3 is 1. The van der Waals surface area contributed by atoms with E-state index >= 15 is 0 Å². The molecule has 0 aromatic heterocycles. The summed E-state index contributed by atoms with van der Waals surface area (Å²) >= 11 is 0. The number of alkyl halides is 3. The third kappa shape index (κ3) is 5.68. The van der Waals surface area contributed by atoms with Gasteiger partial charge in [0.25, 0.3) is 0 Å². The van der Waals surface area contributed by atoms with Crippen molar-refractivity contribution in [2.75, 3.05) is 33.4 Å². The van der Waals surface area contributed by atoms with Gasteiger partial charge >= 0.3 is 6.36 Å². The van der Waals surface area contributed by atoms with Crippen LogP contribution in [0.3, 0.4) is 0 Å². The van der Waals surface area contributed by atoms with Crippen LogP contribution in [0.2, 0.25) is 0 Å². The van der Waals surface area contributed by atoms with Crippen LogP contribution in [-0.2, 0) is 5.41 Å². The highest BCUT2D eigenvalue weighted by Gasteiger charge is 2.40. The number of ether oxygens (including phenoxy) is 3. The van der Waals surface area contributed by atoms with Crippen molar-refractivity contribution in [1.82, 2.24) is 4.90 Å². The van der Waals surface area contributed by atoms with Crippen molar-refractivity contribution in [2.45, 2.75) is 43.9 Å². The van der Waals surface area contributed by atoms with Crippen molar-refractivity contribution in [3.63, 3.8) is 0 Å². The van der Waals surface area contributed by atoms with Gasteiger partial charge < -0.3 is 19.1 Å². The van der Waals surface area contributed by atoms with Crippen LogP contribution in [0.4, 0.5) is 13.2 Å². The van der Waals surface area contributed by atoms with Gasteiger partial charge in [-0.1, -0.05) is 18.6 Å². The number of hydrogen-bond donors (Lipinski definition) is 0. The fourth-order valence-electron chi connectivity index (χ4n) is 4.90. The van der Waals surface area contributed by atoms with Gasteiger partial charge in [-0.15, -0.1) is 13.2 Å². The zero-order chi connectivity index (χ0) is 22.6. The van der Waals surface area contributed by atoms with Gasteiger partial charge in [0.15, 0.2) is 0 Å². The van der Waals surface area contributed by atoms with Crippen molar-refractivity contribution in [2.24, 2.45) is 5.92 Å². The van der Waals surface area contributed by atoms with Crippen LogP contribution < -0.4 is 14.2 Å². The molecule has 7 heteroatoms. The Balaban J connectivity index is 1.30. The minimum absolute atomic E-state index is 0.226. The molecule has 2 aliphatic rings. The van der Waals surface area contributed by atoms with Crippen LogP contribution in [0.5, 0.6) is 17.2 Å². The van der Waals surface area contributed by atoms with Crippen LogP contribution in [0.25, 0.3) is 0 Å². The van der Waals surface area contributed by atoms with E-state index in [2.05, 4.69) is 21.8 Å². The molecular formula is C25H30F3NO3. The van der Waals surface area contributed by atoms with Crippen LogP contribution in [0, 0.1) is 5.92 Å². The summed E-state index contributed by atoms with van der Waals surface area (Å²) in [5.74, 6) is 1.61. The number of piperidine rings is 1. The normalized spacial score (nSPS) is 20.9. The van der Waals surface area contributed by atoms with E-state index in [0.29, 0.717) is 18.3 Å². The van der Waals surface area contributed by atoms with E-state index in [4.69, 9.17) is 9.47 Å². The largest absolute Gasteiger partial charge is 0.573 e. The third-order valence-corrected chi connectivity index (χ3v) is 6.69. The topological polar surface area (TPSA) is 30.9 Å². The highest BCUT2D eigenvalue weighted by Crippen LogP contribution is 2.45. The van der Waals surface area contributed by atoms with Gasteiger partial charge in [0, 0.05) is 24.4 Å². The first kappa shape index (κ1) is 22.8. The Labute approximate surface area is 187 Å². The highest BCUT2D eigenvalue weighted by atomic mass is 19.4. The summed E-state index contributed by atoms with van der Waals surface area (Å²) in [4.78, 5) is 2.56. The van der Waals surface area contributed by atoms with Crippen molar-refractivity contribution < 1.29 is 27.4 Å². The second kappa shape index (κ2) is 9.61. The van der Waals surface area contributed by atoms with E-state index in [-0.39, 0.29) is 11.2 Å². The molecule has 174 valence electrons. The maximum absolute atomic E-state index is 12.3. The lowest BCUT2D eigenvalue weighted by atomic mass is 9.64. The molecule has 1 unspecified atom stereocenters. The first-order chi connectivity index (χ1) is 15.4.